The minimum atomic E-state index is -0.398. The van der Waals surface area contributed by atoms with Crippen LogP contribution in [0.2, 0.25) is 0 Å². The quantitative estimate of drug-likeness (QED) is 0.847. The maximum atomic E-state index is 12.2. The highest BCUT2D eigenvalue weighted by Crippen LogP contribution is 2.31. The number of carbonyl (C=O) groups excluding carboxylic acids is 1. The maximum Gasteiger partial charge on any atom is 0.226 e. The third kappa shape index (κ3) is 4.80. The van der Waals surface area contributed by atoms with Crippen molar-refractivity contribution in [3.05, 3.63) is 35.9 Å². The molecule has 0 aromatic heterocycles. The van der Waals surface area contributed by atoms with Crippen molar-refractivity contribution in [3.63, 3.8) is 0 Å². The van der Waals surface area contributed by atoms with Gasteiger partial charge in [0.2, 0.25) is 5.91 Å². The Morgan fingerprint density at radius 2 is 1.95 bits per heavy atom. The second-order valence-electron chi connectivity index (χ2n) is 6.26. The number of hydrogen-bond acceptors (Lipinski definition) is 2. The molecule has 1 aliphatic rings. The zero-order valence-electron chi connectivity index (χ0n) is 12.3. The first-order valence-electron chi connectivity index (χ1n) is 7.07. The topological polar surface area (TPSA) is 55.1 Å². The van der Waals surface area contributed by atoms with E-state index in [9.17, 15) is 4.79 Å². The van der Waals surface area contributed by atoms with Gasteiger partial charge in [-0.15, -0.1) is 12.4 Å². The van der Waals surface area contributed by atoms with Crippen molar-refractivity contribution in [1.29, 1.82) is 0 Å². The van der Waals surface area contributed by atoms with E-state index in [0.29, 0.717) is 12.5 Å². The van der Waals surface area contributed by atoms with Crippen LogP contribution in [0.1, 0.15) is 32.3 Å². The molecule has 0 aliphatic heterocycles. The number of benzene rings is 1. The Bertz CT molecular complexity index is 429. The fraction of sp³-hybridized carbons (Fsp3) is 0.562. The van der Waals surface area contributed by atoms with Gasteiger partial charge in [0.15, 0.2) is 0 Å². The lowest BCUT2D eigenvalue weighted by Gasteiger charge is -2.24. The number of amides is 1. The molecule has 1 amide bonds. The molecule has 1 fully saturated rings. The summed E-state index contributed by atoms with van der Waals surface area (Å²) in [6, 6.07) is 10.2. The number of carbonyl (C=O) groups is 1. The zero-order valence-corrected chi connectivity index (χ0v) is 13.1. The highest BCUT2D eigenvalue weighted by atomic mass is 35.5. The van der Waals surface area contributed by atoms with Crippen molar-refractivity contribution in [1.82, 2.24) is 5.32 Å². The smallest absolute Gasteiger partial charge is 0.226 e. The highest BCUT2D eigenvalue weighted by Gasteiger charge is 2.31. The highest BCUT2D eigenvalue weighted by molar-refractivity contribution is 5.85. The standard InChI is InChI=1S/C16H24N2O.ClH/c1-16(2,10-12-6-4-3-5-7-12)15(19)18-11-14(17)13-8-9-13;/h3-7,13-14H,8-11,17H2,1-2H3,(H,18,19);1H. The second-order valence-corrected chi connectivity index (χ2v) is 6.26. The molecule has 2 rings (SSSR count). The largest absolute Gasteiger partial charge is 0.354 e. The molecule has 3 nitrogen and oxygen atoms in total. The number of hydrogen-bond donors (Lipinski definition) is 2. The van der Waals surface area contributed by atoms with Crippen LogP contribution in [0.25, 0.3) is 0 Å². The SMILES string of the molecule is CC(C)(Cc1ccccc1)C(=O)NCC(N)C1CC1.Cl. The minimum Gasteiger partial charge on any atom is -0.354 e. The van der Waals surface area contributed by atoms with Crippen LogP contribution >= 0.6 is 12.4 Å². The van der Waals surface area contributed by atoms with E-state index in [1.54, 1.807) is 0 Å². The fourth-order valence-corrected chi connectivity index (χ4v) is 2.33. The van der Waals surface area contributed by atoms with Gasteiger partial charge in [0.05, 0.1) is 0 Å². The van der Waals surface area contributed by atoms with Gasteiger partial charge in [-0.25, -0.2) is 0 Å². The Balaban J connectivity index is 0.00000200. The van der Waals surface area contributed by atoms with E-state index in [1.165, 1.54) is 18.4 Å². The molecule has 0 bridgehead atoms. The van der Waals surface area contributed by atoms with Crippen molar-refractivity contribution < 1.29 is 4.79 Å². The summed E-state index contributed by atoms with van der Waals surface area (Å²) in [6.07, 6.45) is 3.17. The van der Waals surface area contributed by atoms with Crippen LogP contribution < -0.4 is 11.1 Å². The van der Waals surface area contributed by atoms with Gasteiger partial charge < -0.3 is 11.1 Å². The van der Waals surface area contributed by atoms with Crippen LogP contribution in [0.5, 0.6) is 0 Å². The lowest BCUT2D eigenvalue weighted by atomic mass is 9.84. The van der Waals surface area contributed by atoms with Gasteiger partial charge in [-0.1, -0.05) is 44.2 Å². The number of nitrogens with two attached hydrogens (primary N) is 1. The monoisotopic (exact) mass is 296 g/mol. The van der Waals surface area contributed by atoms with E-state index in [2.05, 4.69) is 17.4 Å². The van der Waals surface area contributed by atoms with Crippen LogP contribution in [-0.2, 0) is 11.2 Å². The molecule has 0 saturated heterocycles. The van der Waals surface area contributed by atoms with Crippen molar-refractivity contribution in [3.8, 4) is 0 Å². The molecule has 112 valence electrons. The summed E-state index contributed by atoms with van der Waals surface area (Å²) in [5, 5.41) is 3.00. The normalized spacial score (nSPS) is 16.1. The predicted molar refractivity (Wildman–Crippen MR) is 84.9 cm³/mol. The summed E-state index contributed by atoms with van der Waals surface area (Å²) >= 11 is 0. The summed E-state index contributed by atoms with van der Waals surface area (Å²) in [6.45, 7) is 4.57. The van der Waals surface area contributed by atoms with Crippen molar-refractivity contribution >= 4 is 18.3 Å². The van der Waals surface area contributed by atoms with Crippen molar-refractivity contribution in [2.24, 2.45) is 17.1 Å². The first-order valence-corrected chi connectivity index (χ1v) is 7.07. The van der Waals surface area contributed by atoms with E-state index in [0.717, 1.165) is 6.42 Å². The molecule has 20 heavy (non-hydrogen) atoms. The Hall–Kier alpha value is -1.06. The van der Waals surface area contributed by atoms with Crippen molar-refractivity contribution in [2.45, 2.75) is 39.2 Å². The van der Waals surface area contributed by atoms with Gasteiger partial charge in [0.25, 0.3) is 0 Å². The molecule has 0 radical (unpaired) electrons. The second kappa shape index (κ2) is 7.09. The molecule has 1 aliphatic carbocycles. The third-order valence-electron chi connectivity index (χ3n) is 3.83. The molecule has 1 saturated carbocycles. The first kappa shape index (κ1) is 17.0. The zero-order chi connectivity index (χ0) is 13.9. The lowest BCUT2D eigenvalue weighted by Crippen LogP contribution is -2.44. The van der Waals surface area contributed by atoms with Crippen LogP contribution in [0.4, 0.5) is 0 Å². The molecule has 1 atom stereocenters. The predicted octanol–water partition coefficient (Wildman–Crippen LogP) is 2.53. The van der Waals surface area contributed by atoms with Gasteiger partial charge in [-0.2, -0.15) is 0 Å². The molecular weight excluding hydrogens is 272 g/mol. The van der Waals surface area contributed by atoms with Gasteiger partial charge >= 0.3 is 0 Å². The number of halogens is 1. The summed E-state index contributed by atoms with van der Waals surface area (Å²) < 4.78 is 0. The molecule has 1 aromatic carbocycles. The average Bonchev–Trinajstić information content (AvgIpc) is 3.20. The van der Waals surface area contributed by atoms with Gasteiger partial charge in [-0.05, 0) is 30.7 Å². The van der Waals surface area contributed by atoms with E-state index in [-0.39, 0.29) is 24.4 Å². The maximum absolute atomic E-state index is 12.2. The van der Waals surface area contributed by atoms with Crippen LogP contribution in [0, 0.1) is 11.3 Å². The molecule has 3 N–H and O–H groups in total. The number of rotatable bonds is 6. The van der Waals surface area contributed by atoms with Crippen LogP contribution in [0.3, 0.4) is 0 Å². The Morgan fingerprint density at radius 3 is 2.50 bits per heavy atom. The summed E-state index contributed by atoms with van der Waals surface area (Å²) in [4.78, 5) is 12.2. The van der Waals surface area contributed by atoms with Crippen LogP contribution in [-0.4, -0.2) is 18.5 Å². The van der Waals surface area contributed by atoms with Gasteiger partial charge in [0.1, 0.15) is 0 Å². The Kier molecular flexibility index (Phi) is 6.03. The summed E-state index contributed by atoms with van der Waals surface area (Å²) in [7, 11) is 0. The van der Waals surface area contributed by atoms with E-state index >= 15 is 0 Å². The minimum absolute atomic E-state index is 0. The van der Waals surface area contributed by atoms with E-state index in [4.69, 9.17) is 5.73 Å². The van der Waals surface area contributed by atoms with Crippen LogP contribution in [0.15, 0.2) is 30.3 Å². The Morgan fingerprint density at radius 1 is 1.35 bits per heavy atom. The molecule has 1 aromatic rings. The summed E-state index contributed by atoms with van der Waals surface area (Å²) in [5.74, 6) is 0.713. The molecule has 0 spiro atoms. The van der Waals surface area contributed by atoms with Gasteiger partial charge in [-0.3, -0.25) is 4.79 Å². The van der Waals surface area contributed by atoms with E-state index in [1.807, 2.05) is 32.0 Å². The molecule has 1 unspecified atom stereocenters. The van der Waals surface area contributed by atoms with E-state index < -0.39 is 5.41 Å². The fourth-order valence-electron chi connectivity index (χ4n) is 2.33. The molecular formula is C16H25ClN2O. The lowest BCUT2D eigenvalue weighted by molar-refractivity contribution is -0.129. The first-order chi connectivity index (χ1) is 8.99. The molecule has 4 heteroatoms. The van der Waals surface area contributed by atoms with Crippen molar-refractivity contribution in [2.75, 3.05) is 6.54 Å². The van der Waals surface area contributed by atoms with Gasteiger partial charge in [0, 0.05) is 18.0 Å². The third-order valence-corrected chi connectivity index (χ3v) is 3.83. The Labute approximate surface area is 127 Å². The molecule has 0 heterocycles. The number of nitrogens with one attached hydrogen (secondary N) is 1. The summed E-state index contributed by atoms with van der Waals surface area (Å²) in [5.41, 5.74) is 6.80. The average molecular weight is 297 g/mol.